The van der Waals surface area contributed by atoms with E-state index in [4.69, 9.17) is 4.98 Å². The third-order valence-corrected chi connectivity index (χ3v) is 5.95. The Morgan fingerprint density at radius 3 is 2.88 bits per heavy atom. The average molecular weight is 328 g/mol. The molecule has 25 heavy (non-hydrogen) atoms. The molecule has 2 atom stereocenters. The molecule has 1 aromatic carbocycles. The van der Waals surface area contributed by atoms with Crippen LogP contribution in [-0.2, 0) is 13.0 Å². The van der Waals surface area contributed by atoms with Gasteiger partial charge in [-0.1, -0.05) is 48.1 Å². The first kappa shape index (κ1) is 14.9. The van der Waals surface area contributed by atoms with Gasteiger partial charge in [0.15, 0.2) is 0 Å². The highest BCUT2D eigenvalue weighted by Crippen LogP contribution is 2.40. The Bertz CT molecular complexity index is 969. The maximum Gasteiger partial charge on any atom is 0.0689 e. The predicted molar refractivity (Wildman–Crippen MR) is 104 cm³/mol. The molecule has 126 valence electrons. The summed E-state index contributed by atoms with van der Waals surface area (Å²) in [6.45, 7) is 3.09. The third-order valence-electron chi connectivity index (χ3n) is 5.95. The van der Waals surface area contributed by atoms with E-state index >= 15 is 0 Å². The highest BCUT2D eigenvalue weighted by atomic mass is 14.9. The Hall–Kier alpha value is -2.35. The second kappa shape index (κ2) is 5.87. The molecule has 2 heteroatoms. The fourth-order valence-corrected chi connectivity index (χ4v) is 4.67. The van der Waals surface area contributed by atoms with E-state index in [0.29, 0.717) is 5.92 Å². The van der Waals surface area contributed by atoms with Crippen molar-refractivity contribution < 1.29 is 0 Å². The van der Waals surface area contributed by atoms with Gasteiger partial charge >= 0.3 is 0 Å². The lowest BCUT2D eigenvalue weighted by atomic mass is 9.89. The van der Waals surface area contributed by atoms with E-state index in [0.717, 1.165) is 18.9 Å². The molecule has 0 saturated heterocycles. The Kier molecular flexibility index (Phi) is 3.51. The Labute approximate surface area is 149 Å². The van der Waals surface area contributed by atoms with Crippen LogP contribution in [0.15, 0.2) is 42.0 Å². The van der Waals surface area contributed by atoms with Crippen LogP contribution in [0.4, 0.5) is 5.69 Å². The minimum absolute atomic E-state index is 0.660. The van der Waals surface area contributed by atoms with Crippen molar-refractivity contribution in [2.24, 2.45) is 5.92 Å². The van der Waals surface area contributed by atoms with Crippen molar-refractivity contribution in [2.45, 2.75) is 45.1 Å². The summed E-state index contributed by atoms with van der Waals surface area (Å²) >= 11 is 0. The quantitative estimate of drug-likeness (QED) is 0.930. The summed E-state index contributed by atoms with van der Waals surface area (Å²) in [7, 11) is 0. The van der Waals surface area contributed by atoms with Crippen LogP contribution in [0.3, 0.4) is 0 Å². The molecule has 2 unspecified atom stereocenters. The van der Waals surface area contributed by atoms with Gasteiger partial charge in [-0.15, -0.1) is 0 Å². The van der Waals surface area contributed by atoms with Crippen LogP contribution in [0.5, 0.6) is 0 Å². The first-order valence-electron chi connectivity index (χ1n) is 9.48. The molecule has 2 aromatic rings. The number of allylic oxidation sites excluding steroid dienone is 2. The minimum atomic E-state index is 0.660. The molecule has 2 nitrogen and oxygen atoms in total. The van der Waals surface area contributed by atoms with E-state index in [1.54, 1.807) is 0 Å². The van der Waals surface area contributed by atoms with Crippen molar-refractivity contribution in [3.63, 3.8) is 0 Å². The summed E-state index contributed by atoms with van der Waals surface area (Å²) in [5, 5.41) is 6.37. The number of anilines is 1. The second-order valence-electron chi connectivity index (χ2n) is 7.78. The minimum Gasteiger partial charge on any atom is -0.380 e. The maximum absolute atomic E-state index is 5.11. The summed E-state index contributed by atoms with van der Waals surface area (Å²) in [4.78, 5) is 5.11. The average Bonchev–Trinajstić information content (AvgIpc) is 3.03. The van der Waals surface area contributed by atoms with E-state index in [-0.39, 0.29) is 0 Å². The van der Waals surface area contributed by atoms with Crippen LogP contribution in [0.1, 0.15) is 48.9 Å². The molecular formula is C23H24N2. The summed E-state index contributed by atoms with van der Waals surface area (Å²) in [6, 6.07) is 10.7. The molecule has 0 aliphatic heterocycles. The number of hydrogen-bond acceptors (Lipinski definition) is 2. The standard InChI is InChI=1S/C23H24N2/c1-15-7-10-21-19(11-15)23(24-14-16-5-3-2-4-6-16)20-13-17-8-9-18(12-17)22(20)25-21/h2-7,10,13,17-18,24H,8-9,11-12,14H2,1H3. The number of hydrogen-bond donors (Lipinski definition) is 1. The number of pyridine rings is 1. The first-order valence-corrected chi connectivity index (χ1v) is 9.48. The number of nitrogens with one attached hydrogen (secondary N) is 1. The van der Waals surface area contributed by atoms with Crippen LogP contribution in [-0.4, -0.2) is 4.98 Å². The molecule has 0 amide bonds. The van der Waals surface area contributed by atoms with Gasteiger partial charge in [-0.2, -0.15) is 0 Å². The van der Waals surface area contributed by atoms with Gasteiger partial charge in [-0.05, 0) is 50.2 Å². The third kappa shape index (κ3) is 2.60. The summed E-state index contributed by atoms with van der Waals surface area (Å²) < 4.78 is 0. The smallest absolute Gasteiger partial charge is 0.0689 e. The molecule has 1 saturated carbocycles. The predicted octanol–water partition coefficient (Wildman–Crippen LogP) is 3.65. The molecule has 1 fully saturated rings. The molecule has 5 rings (SSSR count). The van der Waals surface area contributed by atoms with Crippen LogP contribution in [0, 0.1) is 5.92 Å². The van der Waals surface area contributed by atoms with Crippen molar-refractivity contribution >= 4 is 17.8 Å². The molecule has 1 heterocycles. The van der Waals surface area contributed by atoms with Crippen molar-refractivity contribution in [3.8, 4) is 0 Å². The number of benzene rings is 1. The van der Waals surface area contributed by atoms with Gasteiger partial charge in [-0.3, -0.25) is 4.98 Å². The van der Waals surface area contributed by atoms with Crippen molar-refractivity contribution in [1.82, 2.24) is 4.98 Å². The fourth-order valence-electron chi connectivity index (χ4n) is 4.67. The Morgan fingerprint density at radius 2 is 2.00 bits per heavy atom. The molecule has 2 bridgehead atoms. The number of aromatic nitrogens is 1. The summed E-state index contributed by atoms with van der Waals surface area (Å²) in [6.07, 6.45) is 11.9. The summed E-state index contributed by atoms with van der Waals surface area (Å²) in [5.41, 5.74) is 6.80. The zero-order valence-electron chi connectivity index (χ0n) is 14.8. The monoisotopic (exact) mass is 328 g/mol. The molecule has 1 aromatic heterocycles. The van der Waals surface area contributed by atoms with Gasteiger partial charge in [-0.25, -0.2) is 0 Å². The van der Waals surface area contributed by atoms with Gasteiger partial charge in [0.05, 0.1) is 11.0 Å². The summed E-state index contributed by atoms with van der Waals surface area (Å²) in [5.74, 6) is 1.41. The highest BCUT2D eigenvalue weighted by molar-refractivity contribution is 5.63. The normalized spacial score (nSPS) is 23.0. The van der Waals surface area contributed by atoms with Crippen molar-refractivity contribution in [3.05, 3.63) is 69.4 Å². The lowest BCUT2D eigenvalue weighted by Gasteiger charge is -2.23. The van der Waals surface area contributed by atoms with E-state index in [2.05, 4.69) is 60.8 Å². The van der Waals surface area contributed by atoms with Gasteiger partial charge in [0.25, 0.3) is 0 Å². The first-order chi connectivity index (χ1) is 12.3. The molecular weight excluding hydrogens is 304 g/mol. The van der Waals surface area contributed by atoms with Crippen molar-refractivity contribution in [1.29, 1.82) is 0 Å². The topological polar surface area (TPSA) is 24.9 Å². The number of fused-ring (bicyclic) bond motifs is 5. The van der Waals surface area contributed by atoms with E-state index in [1.807, 2.05) is 0 Å². The van der Waals surface area contributed by atoms with Crippen molar-refractivity contribution in [2.75, 3.05) is 5.32 Å². The molecule has 3 aliphatic carbocycles. The van der Waals surface area contributed by atoms with E-state index < -0.39 is 0 Å². The SMILES string of the molecule is CC1=CC=c2nc3c(c(NCc4ccccc4)c2C1)=CC1CCC3C1. The van der Waals surface area contributed by atoms with Gasteiger partial charge in [0.2, 0.25) is 0 Å². The maximum atomic E-state index is 5.11. The highest BCUT2D eigenvalue weighted by Gasteiger charge is 2.32. The van der Waals surface area contributed by atoms with Crippen LogP contribution in [0.25, 0.3) is 12.2 Å². The van der Waals surface area contributed by atoms with Gasteiger partial charge in [0, 0.05) is 28.9 Å². The number of rotatable bonds is 3. The zero-order valence-corrected chi connectivity index (χ0v) is 14.8. The van der Waals surface area contributed by atoms with E-state index in [9.17, 15) is 0 Å². The molecule has 0 spiro atoms. The fraction of sp³-hybridized carbons (Fsp3) is 0.348. The number of nitrogens with zero attached hydrogens (tertiary/aromatic N) is 1. The van der Waals surface area contributed by atoms with E-state index in [1.165, 1.54) is 57.9 Å². The van der Waals surface area contributed by atoms with Crippen LogP contribution < -0.4 is 15.9 Å². The van der Waals surface area contributed by atoms with Crippen LogP contribution >= 0.6 is 0 Å². The second-order valence-corrected chi connectivity index (χ2v) is 7.78. The largest absolute Gasteiger partial charge is 0.380 e. The van der Waals surface area contributed by atoms with Gasteiger partial charge < -0.3 is 5.32 Å². The molecule has 3 aliphatic rings. The lowest BCUT2D eigenvalue weighted by molar-refractivity contribution is 0.643. The molecule has 0 radical (unpaired) electrons. The molecule has 1 N–H and O–H groups in total. The zero-order chi connectivity index (χ0) is 16.8. The van der Waals surface area contributed by atoms with Crippen LogP contribution in [0.2, 0.25) is 0 Å². The Balaban J connectivity index is 1.64. The van der Waals surface area contributed by atoms with Gasteiger partial charge in [0.1, 0.15) is 0 Å². The lowest BCUT2D eigenvalue weighted by Crippen LogP contribution is -2.33. The Morgan fingerprint density at radius 1 is 1.12 bits per heavy atom.